The molecule has 1 N–H and O–H groups in total. The standard InChI is InChI=1S/C14H22N2O2S/c1-16(11-13-6-3-2-4-7-13)19(17,18)12-14-8-5-9-15-10-14/h2-4,6-7,14-15H,5,8-12H2,1H3. The van der Waals surface area contributed by atoms with Crippen LogP contribution in [0.4, 0.5) is 0 Å². The van der Waals surface area contributed by atoms with Crippen molar-refractivity contribution in [2.24, 2.45) is 5.92 Å². The average molecular weight is 282 g/mol. The molecule has 1 aromatic rings. The molecule has 0 spiro atoms. The summed E-state index contributed by atoms with van der Waals surface area (Å²) in [5.41, 5.74) is 1.02. The first-order valence-corrected chi connectivity index (χ1v) is 8.37. The van der Waals surface area contributed by atoms with Crippen LogP contribution in [-0.2, 0) is 16.6 Å². The number of rotatable bonds is 5. The van der Waals surface area contributed by atoms with Crippen molar-refractivity contribution in [3.8, 4) is 0 Å². The van der Waals surface area contributed by atoms with Gasteiger partial charge in [0.1, 0.15) is 0 Å². The fraction of sp³-hybridized carbons (Fsp3) is 0.571. The molecular weight excluding hydrogens is 260 g/mol. The summed E-state index contributed by atoms with van der Waals surface area (Å²) in [6.07, 6.45) is 2.08. The number of hydrogen-bond acceptors (Lipinski definition) is 3. The number of hydrogen-bond donors (Lipinski definition) is 1. The lowest BCUT2D eigenvalue weighted by atomic mass is 10.0. The van der Waals surface area contributed by atoms with Gasteiger partial charge in [-0.15, -0.1) is 0 Å². The molecule has 1 aliphatic rings. The SMILES string of the molecule is CN(Cc1ccccc1)S(=O)(=O)CC1CCCNC1. The van der Waals surface area contributed by atoms with Crippen molar-refractivity contribution in [2.45, 2.75) is 19.4 Å². The Bertz CT molecular complexity index is 481. The third-order valence-corrected chi connectivity index (χ3v) is 5.54. The normalized spacial score (nSPS) is 20.6. The maximum Gasteiger partial charge on any atom is 0.214 e. The first-order chi connectivity index (χ1) is 9.08. The molecule has 0 aliphatic carbocycles. The Morgan fingerprint density at radius 1 is 1.32 bits per heavy atom. The van der Waals surface area contributed by atoms with E-state index in [0.29, 0.717) is 6.54 Å². The summed E-state index contributed by atoms with van der Waals surface area (Å²) < 4.78 is 26.1. The van der Waals surface area contributed by atoms with Crippen LogP contribution in [0.15, 0.2) is 30.3 Å². The summed E-state index contributed by atoms with van der Waals surface area (Å²) in [7, 11) is -1.50. The molecule has 1 heterocycles. The van der Waals surface area contributed by atoms with Crippen molar-refractivity contribution in [2.75, 3.05) is 25.9 Å². The zero-order valence-corrected chi connectivity index (χ0v) is 12.2. The molecule has 0 bridgehead atoms. The fourth-order valence-corrected chi connectivity index (χ4v) is 3.91. The van der Waals surface area contributed by atoms with Gasteiger partial charge in [0.15, 0.2) is 0 Å². The van der Waals surface area contributed by atoms with Gasteiger partial charge >= 0.3 is 0 Å². The summed E-state index contributed by atoms with van der Waals surface area (Å²) in [4.78, 5) is 0. The van der Waals surface area contributed by atoms with Crippen LogP contribution in [-0.4, -0.2) is 38.6 Å². The van der Waals surface area contributed by atoms with E-state index in [1.807, 2.05) is 30.3 Å². The van der Waals surface area contributed by atoms with Crippen molar-refractivity contribution < 1.29 is 8.42 Å². The Hall–Kier alpha value is -0.910. The minimum absolute atomic E-state index is 0.247. The van der Waals surface area contributed by atoms with Crippen molar-refractivity contribution in [3.05, 3.63) is 35.9 Å². The summed E-state index contributed by atoms with van der Waals surface area (Å²) in [6.45, 7) is 2.28. The molecule has 2 rings (SSSR count). The monoisotopic (exact) mass is 282 g/mol. The van der Waals surface area contributed by atoms with Crippen LogP contribution in [0.5, 0.6) is 0 Å². The highest BCUT2D eigenvalue weighted by Gasteiger charge is 2.24. The van der Waals surface area contributed by atoms with E-state index < -0.39 is 10.0 Å². The summed E-state index contributed by atoms with van der Waals surface area (Å²) in [5, 5.41) is 3.26. The number of sulfonamides is 1. The highest BCUT2D eigenvalue weighted by atomic mass is 32.2. The van der Waals surface area contributed by atoms with Gasteiger partial charge in [-0.3, -0.25) is 0 Å². The second kappa shape index (κ2) is 6.50. The summed E-state index contributed by atoms with van der Waals surface area (Å²) >= 11 is 0. The van der Waals surface area contributed by atoms with Crippen LogP contribution in [0.3, 0.4) is 0 Å². The lowest BCUT2D eigenvalue weighted by Crippen LogP contribution is -2.38. The smallest absolute Gasteiger partial charge is 0.214 e. The predicted molar refractivity (Wildman–Crippen MR) is 77.3 cm³/mol. The van der Waals surface area contributed by atoms with E-state index in [1.54, 1.807) is 7.05 Å². The number of nitrogens with zero attached hydrogens (tertiary/aromatic N) is 1. The van der Waals surface area contributed by atoms with Crippen molar-refractivity contribution in [1.82, 2.24) is 9.62 Å². The Kier molecular flexibility index (Phi) is 4.96. The predicted octanol–water partition coefficient (Wildman–Crippen LogP) is 1.45. The van der Waals surface area contributed by atoms with Gasteiger partial charge in [-0.05, 0) is 37.4 Å². The number of nitrogens with one attached hydrogen (secondary N) is 1. The Morgan fingerprint density at radius 3 is 2.68 bits per heavy atom. The van der Waals surface area contributed by atoms with E-state index in [9.17, 15) is 8.42 Å². The van der Waals surface area contributed by atoms with Gasteiger partial charge in [0, 0.05) is 13.6 Å². The van der Waals surface area contributed by atoms with Crippen LogP contribution in [0, 0.1) is 5.92 Å². The minimum atomic E-state index is -3.16. The van der Waals surface area contributed by atoms with E-state index in [2.05, 4.69) is 5.32 Å². The van der Waals surface area contributed by atoms with Crippen LogP contribution in [0.2, 0.25) is 0 Å². The highest BCUT2D eigenvalue weighted by molar-refractivity contribution is 7.89. The maximum atomic E-state index is 12.3. The third-order valence-electron chi connectivity index (χ3n) is 3.57. The van der Waals surface area contributed by atoms with Crippen LogP contribution in [0.25, 0.3) is 0 Å². The van der Waals surface area contributed by atoms with Gasteiger partial charge in [0.25, 0.3) is 0 Å². The summed E-state index contributed by atoms with van der Waals surface area (Å²) in [5.74, 6) is 0.501. The van der Waals surface area contributed by atoms with Gasteiger partial charge < -0.3 is 5.32 Å². The molecule has 0 radical (unpaired) electrons. The van der Waals surface area contributed by atoms with Crippen LogP contribution < -0.4 is 5.32 Å². The van der Waals surface area contributed by atoms with Crippen LogP contribution >= 0.6 is 0 Å². The molecule has 5 heteroatoms. The number of benzene rings is 1. The molecule has 0 saturated carbocycles. The molecule has 1 atom stereocenters. The second-order valence-corrected chi connectivity index (χ2v) is 7.35. The van der Waals surface area contributed by atoms with E-state index in [-0.39, 0.29) is 11.7 Å². The third kappa shape index (κ3) is 4.30. The molecular formula is C14H22N2O2S. The molecule has 1 fully saturated rings. The second-order valence-electron chi connectivity index (χ2n) is 5.23. The van der Waals surface area contributed by atoms with Gasteiger partial charge in [-0.25, -0.2) is 12.7 Å². The Labute approximate surface area is 115 Å². The van der Waals surface area contributed by atoms with E-state index in [1.165, 1.54) is 4.31 Å². The fourth-order valence-electron chi connectivity index (χ4n) is 2.43. The minimum Gasteiger partial charge on any atom is -0.316 e. The molecule has 106 valence electrons. The zero-order chi connectivity index (χ0) is 13.7. The first-order valence-electron chi connectivity index (χ1n) is 6.76. The maximum absolute atomic E-state index is 12.3. The van der Waals surface area contributed by atoms with E-state index in [4.69, 9.17) is 0 Å². The number of piperidine rings is 1. The molecule has 19 heavy (non-hydrogen) atoms. The lowest BCUT2D eigenvalue weighted by molar-refractivity contribution is 0.391. The largest absolute Gasteiger partial charge is 0.316 e. The van der Waals surface area contributed by atoms with E-state index >= 15 is 0 Å². The van der Waals surface area contributed by atoms with Gasteiger partial charge in [0.2, 0.25) is 10.0 Å². The van der Waals surface area contributed by atoms with Gasteiger partial charge in [-0.1, -0.05) is 30.3 Å². The molecule has 0 amide bonds. The molecule has 1 saturated heterocycles. The Balaban J connectivity index is 1.94. The quantitative estimate of drug-likeness (QED) is 0.889. The van der Waals surface area contributed by atoms with Crippen molar-refractivity contribution >= 4 is 10.0 Å². The molecule has 1 unspecified atom stereocenters. The van der Waals surface area contributed by atoms with Gasteiger partial charge in [-0.2, -0.15) is 0 Å². The highest BCUT2D eigenvalue weighted by Crippen LogP contribution is 2.16. The molecule has 1 aliphatic heterocycles. The first kappa shape index (κ1) is 14.5. The van der Waals surface area contributed by atoms with Crippen molar-refractivity contribution in [3.63, 3.8) is 0 Å². The molecule has 0 aromatic heterocycles. The molecule has 1 aromatic carbocycles. The Morgan fingerprint density at radius 2 is 2.05 bits per heavy atom. The molecule has 4 nitrogen and oxygen atoms in total. The summed E-state index contributed by atoms with van der Waals surface area (Å²) in [6, 6.07) is 9.70. The van der Waals surface area contributed by atoms with E-state index in [0.717, 1.165) is 31.5 Å². The average Bonchev–Trinajstić information content (AvgIpc) is 2.40. The van der Waals surface area contributed by atoms with Gasteiger partial charge in [0.05, 0.1) is 5.75 Å². The lowest BCUT2D eigenvalue weighted by Gasteiger charge is -2.25. The zero-order valence-electron chi connectivity index (χ0n) is 11.4. The van der Waals surface area contributed by atoms with Crippen LogP contribution in [0.1, 0.15) is 18.4 Å². The van der Waals surface area contributed by atoms with Crippen molar-refractivity contribution in [1.29, 1.82) is 0 Å². The topological polar surface area (TPSA) is 49.4 Å².